The number of carbonyl (C=O) groups is 1. The number of rotatable bonds is 9. The standard InChI is InChI=1S/C23H29ClN2O6S/c1-17-16-18(8-9-21(17)32-15-14-30-2)33(28,29)26-12-10-25(11-13-26)22(23(27)31-3)19-6-4-5-7-20(19)24/h4-9,16,22H,10-15H2,1-3H3. The highest BCUT2D eigenvalue weighted by Crippen LogP contribution is 2.31. The number of carbonyl (C=O) groups excluding carboxylic acids is 1. The fraction of sp³-hybridized carbons (Fsp3) is 0.435. The average molecular weight is 497 g/mol. The Kier molecular flexibility index (Phi) is 8.72. The van der Waals surface area contributed by atoms with Crippen molar-refractivity contribution in [2.45, 2.75) is 17.9 Å². The van der Waals surface area contributed by atoms with Gasteiger partial charge in [-0.3, -0.25) is 4.90 Å². The molecule has 1 saturated heterocycles. The Bertz CT molecular complexity index is 1070. The molecular weight excluding hydrogens is 468 g/mol. The van der Waals surface area contributed by atoms with E-state index in [4.69, 9.17) is 25.8 Å². The number of aryl methyl sites for hydroxylation is 1. The van der Waals surface area contributed by atoms with Gasteiger partial charge in [0, 0.05) is 38.3 Å². The van der Waals surface area contributed by atoms with Gasteiger partial charge in [0.25, 0.3) is 0 Å². The summed E-state index contributed by atoms with van der Waals surface area (Å²) in [6, 6.07) is 11.2. The SMILES string of the molecule is COCCOc1ccc(S(=O)(=O)N2CCN(C(C(=O)OC)c3ccccc3Cl)CC2)cc1C. The zero-order valence-corrected chi connectivity index (χ0v) is 20.6. The maximum Gasteiger partial charge on any atom is 0.327 e. The summed E-state index contributed by atoms with van der Waals surface area (Å²) in [5.41, 5.74) is 1.37. The maximum absolute atomic E-state index is 13.2. The van der Waals surface area contributed by atoms with Crippen LogP contribution in [0, 0.1) is 6.92 Å². The Morgan fingerprint density at radius 1 is 1.06 bits per heavy atom. The number of ether oxygens (including phenoxy) is 3. The van der Waals surface area contributed by atoms with Gasteiger partial charge < -0.3 is 14.2 Å². The molecule has 1 aliphatic rings. The fourth-order valence-electron chi connectivity index (χ4n) is 3.81. The molecule has 0 saturated carbocycles. The van der Waals surface area contributed by atoms with E-state index >= 15 is 0 Å². The summed E-state index contributed by atoms with van der Waals surface area (Å²) in [6.07, 6.45) is 0. The zero-order chi connectivity index (χ0) is 24.0. The van der Waals surface area contributed by atoms with Gasteiger partial charge in [0.15, 0.2) is 0 Å². The summed E-state index contributed by atoms with van der Waals surface area (Å²) < 4.78 is 43.5. The van der Waals surface area contributed by atoms with Gasteiger partial charge in [0.05, 0.1) is 18.6 Å². The van der Waals surface area contributed by atoms with E-state index in [9.17, 15) is 13.2 Å². The number of halogens is 1. The molecule has 1 fully saturated rings. The molecule has 0 spiro atoms. The molecule has 1 aliphatic heterocycles. The van der Waals surface area contributed by atoms with Crippen molar-refractivity contribution in [3.05, 3.63) is 58.6 Å². The van der Waals surface area contributed by atoms with E-state index in [1.54, 1.807) is 43.5 Å². The van der Waals surface area contributed by atoms with Crippen molar-refractivity contribution in [3.63, 3.8) is 0 Å². The minimum absolute atomic E-state index is 0.211. The lowest BCUT2D eigenvalue weighted by Crippen LogP contribution is -2.51. The van der Waals surface area contributed by atoms with Gasteiger partial charge >= 0.3 is 5.97 Å². The molecule has 2 aromatic rings. The maximum atomic E-state index is 13.2. The third kappa shape index (κ3) is 5.85. The van der Waals surface area contributed by atoms with E-state index in [2.05, 4.69) is 0 Å². The number of benzene rings is 2. The van der Waals surface area contributed by atoms with E-state index < -0.39 is 22.0 Å². The molecule has 2 aromatic carbocycles. The van der Waals surface area contributed by atoms with E-state index in [-0.39, 0.29) is 18.0 Å². The van der Waals surface area contributed by atoms with Crippen molar-refractivity contribution in [1.29, 1.82) is 0 Å². The molecule has 0 aliphatic carbocycles. The summed E-state index contributed by atoms with van der Waals surface area (Å²) >= 11 is 6.33. The first-order chi connectivity index (χ1) is 15.8. The van der Waals surface area contributed by atoms with Gasteiger partial charge in [-0.15, -0.1) is 0 Å². The van der Waals surface area contributed by atoms with Crippen LogP contribution in [0.2, 0.25) is 5.02 Å². The molecule has 0 aromatic heterocycles. The van der Waals surface area contributed by atoms with Gasteiger partial charge in [-0.25, -0.2) is 13.2 Å². The number of sulfonamides is 1. The van der Waals surface area contributed by atoms with Crippen molar-refractivity contribution < 1.29 is 27.4 Å². The van der Waals surface area contributed by atoms with Crippen LogP contribution in [0.15, 0.2) is 47.4 Å². The fourth-order valence-corrected chi connectivity index (χ4v) is 5.56. The predicted octanol–water partition coefficient (Wildman–Crippen LogP) is 2.89. The second-order valence-electron chi connectivity index (χ2n) is 7.66. The molecule has 180 valence electrons. The number of piperazine rings is 1. The van der Waals surface area contributed by atoms with Gasteiger partial charge in [0.1, 0.15) is 18.4 Å². The molecule has 3 rings (SSSR count). The molecule has 0 bridgehead atoms. The van der Waals surface area contributed by atoms with Crippen molar-refractivity contribution in [2.24, 2.45) is 0 Å². The van der Waals surface area contributed by atoms with Crippen LogP contribution >= 0.6 is 11.6 Å². The quantitative estimate of drug-likeness (QED) is 0.390. The van der Waals surface area contributed by atoms with Crippen LogP contribution in [-0.4, -0.2) is 77.2 Å². The normalized spacial score (nSPS) is 16.4. The Morgan fingerprint density at radius 2 is 1.76 bits per heavy atom. The summed E-state index contributed by atoms with van der Waals surface area (Å²) in [5.74, 6) is 0.190. The second-order valence-corrected chi connectivity index (χ2v) is 10.0. The third-order valence-electron chi connectivity index (χ3n) is 5.59. The number of methoxy groups -OCH3 is 2. The highest BCUT2D eigenvalue weighted by atomic mass is 35.5. The molecule has 10 heteroatoms. The first-order valence-corrected chi connectivity index (χ1v) is 12.4. The molecule has 0 amide bonds. The molecule has 0 radical (unpaired) electrons. The van der Waals surface area contributed by atoms with Crippen LogP contribution in [-0.2, 0) is 24.3 Å². The van der Waals surface area contributed by atoms with Crippen LogP contribution in [0.5, 0.6) is 5.75 Å². The van der Waals surface area contributed by atoms with Crippen molar-refractivity contribution >= 4 is 27.6 Å². The lowest BCUT2D eigenvalue weighted by molar-refractivity contribution is -0.147. The predicted molar refractivity (Wildman–Crippen MR) is 125 cm³/mol. The Hall–Kier alpha value is -2.17. The van der Waals surface area contributed by atoms with Crippen molar-refractivity contribution in [2.75, 3.05) is 53.6 Å². The number of hydrogen-bond acceptors (Lipinski definition) is 7. The van der Waals surface area contributed by atoms with Crippen LogP contribution in [0.3, 0.4) is 0 Å². The number of hydrogen-bond donors (Lipinski definition) is 0. The highest BCUT2D eigenvalue weighted by Gasteiger charge is 2.36. The molecular formula is C23H29ClN2O6S. The lowest BCUT2D eigenvalue weighted by Gasteiger charge is -2.37. The zero-order valence-electron chi connectivity index (χ0n) is 19.0. The average Bonchev–Trinajstić information content (AvgIpc) is 2.81. The molecule has 1 heterocycles. The molecule has 8 nitrogen and oxygen atoms in total. The van der Waals surface area contributed by atoms with Crippen molar-refractivity contribution in [1.82, 2.24) is 9.21 Å². The number of esters is 1. The summed E-state index contributed by atoms with van der Waals surface area (Å²) in [5, 5.41) is 0.464. The lowest BCUT2D eigenvalue weighted by atomic mass is 10.0. The van der Waals surface area contributed by atoms with E-state index in [0.717, 1.165) is 5.56 Å². The second kappa shape index (κ2) is 11.3. The molecule has 1 atom stereocenters. The van der Waals surface area contributed by atoms with Crippen LogP contribution in [0.1, 0.15) is 17.2 Å². The third-order valence-corrected chi connectivity index (χ3v) is 7.83. The van der Waals surface area contributed by atoms with Crippen molar-refractivity contribution in [3.8, 4) is 5.75 Å². The smallest absolute Gasteiger partial charge is 0.327 e. The Morgan fingerprint density at radius 3 is 2.36 bits per heavy atom. The Balaban J connectivity index is 1.73. The Labute approximate surface area is 200 Å². The molecule has 33 heavy (non-hydrogen) atoms. The van der Waals surface area contributed by atoms with Gasteiger partial charge in [0.2, 0.25) is 10.0 Å². The van der Waals surface area contributed by atoms with Crippen LogP contribution < -0.4 is 4.74 Å². The monoisotopic (exact) mass is 496 g/mol. The largest absolute Gasteiger partial charge is 0.491 e. The first-order valence-electron chi connectivity index (χ1n) is 10.6. The van der Waals surface area contributed by atoms with E-state index in [0.29, 0.717) is 42.6 Å². The topological polar surface area (TPSA) is 85.4 Å². The van der Waals surface area contributed by atoms with Gasteiger partial charge in [-0.05, 0) is 42.3 Å². The summed E-state index contributed by atoms with van der Waals surface area (Å²) in [7, 11) is -0.768. The first kappa shape index (κ1) is 25.5. The molecule has 0 N–H and O–H groups in total. The van der Waals surface area contributed by atoms with Gasteiger partial charge in [-0.2, -0.15) is 4.31 Å². The summed E-state index contributed by atoms with van der Waals surface area (Å²) in [4.78, 5) is 14.7. The van der Waals surface area contributed by atoms with E-state index in [1.807, 2.05) is 17.9 Å². The van der Waals surface area contributed by atoms with E-state index in [1.165, 1.54) is 11.4 Å². The minimum atomic E-state index is -3.69. The minimum Gasteiger partial charge on any atom is -0.491 e. The summed E-state index contributed by atoms with van der Waals surface area (Å²) in [6.45, 7) is 3.85. The number of nitrogens with zero attached hydrogens (tertiary/aromatic N) is 2. The van der Waals surface area contributed by atoms with Crippen LogP contribution in [0.25, 0.3) is 0 Å². The van der Waals surface area contributed by atoms with Crippen LogP contribution in [0.4, 0.5) is 0 Å². The highest BCUT2D eigenvalue weighted by molar-refractivity contribution is 7.89. The van der Waals surface area contributed by atoms with Gasteiger partial charge in [-0.1, -0.05) is 29.8 Å². The molecule has 1 unspecified atom stereocenters.